The van der Waals surface area contributed by atoms with Crippen LogP contribution in [0.3, 0.4) is 0 Å². The summed E-state index contributed by atoms with van der Waals surface area (Å²) in [5, 5.41) is 8.78. The first kappa shape index (κ1) is 16.5. The van der Waals surface area contributed by atoms with Crippen molar-refractivity contribution in [2.24, 2.45) is 0 Å². The van der Waals surface area contributed by atoms with Crippen molar-refractivity contribution in [1.82, 2.24) is 15.5 Å². The minimum atomic E-state index is -4.46. The fourth-order valence-electron chi connectivity index (χ4n) is 2.32. The molecule has 22 heavy (non-hydrogen) atoms. The van der Waals surface area contributed by atoms with Gasteiger partial charge in [0.1, 0.15) is 11.5 Å². The van der Waals surface area contributed by atoms with E-state index >= 15 is 0 Å². The number of alkyl halides is 3. The highest BCUT2D eigenvalue weighted by molar-refractivity contribution is 5.85. The van der Waals surface area contributed by atoms with E-state index in [0.29, 0.717) is 23.4 Å². The Kier molecular flexibility index (Phi) is 4.58. The Morgan fingerprint density at radius 2 is 1.77 bits per heavy atom. The first-order valence-electron chi connectivity index (χ1n) is 6.27. The Hall–Kier alpha value is -1.86. The van der Waals surface area contributed by atoms with Crippen molar-refractivity contribution in [2.45, 2.75) is 12.7 Å². The second kappa shape index (κ2) is 6.10. The summed E-state index contributed by atoms with van der Waals surface area (Å²) >= 11 is 0. The molecule has 2 aromatic rings. The molecule has 0 atom stereocenters. The molecule has 0 saturated carbocycles. The monoisotopic (exact) mass is 333 g/mol. The Bertz CT molecular complexity index is 689. The molecule has 0 aliphatic carbocycles. The van der Waals surface area contributed by atoms with E-state index in [9.17, 15) is 17.6 Å². The maximum atomic E-state index is 12.9. The van der Waals surface area contributed by atoms with Gasteiger partial charge in [-0.3, -0.25) is 5.10 Å². The van der Waals surface area contributed by atoms with Crippen LogP contribution in [0.2, 0.25) is 0 Å². The number of nitrogens with one attached hydrogen (secondary N) is 2. The lowest BCUT2D eigenvalue weighted by Gasteiger charge is -2.17. The largest absolute Gasteiger partial charge is 0.433 e. The molecule has 0 radical (unpaired) electrons. The van der Waals surface area contributed by atoms with Gasteiger partial charge in [-0.05, 0) is 29.3 Å². The van der Waals surface area contributed by atoms with Crippen molar-refractivity contribution in [3.05, 3.63) is 52.6 Å². The maximum Gasteiger partial charge on any atom is 0.433 e. The van der Waals surface area contributed by atoms with Gasteiger partial charge in [-0.2, -0.15) is 18.3 Å². The van der Waals surface area contributed by atoms with Gasteiger partial charge in [-0.15, -0.1) is 12.4 Å². The highest BCUT2D eigenvalue weighted by atomic mass is 35.5. The molecule has 0 saturated heterocycles. The number of aromatic nitrogens is 2. The summed E-state index contributed by atoms with van der Waals surface area (Å²) in [6, 6.07) is 5.73. The van der Waals surface area contributed by atoms with Crippen molar-refractivity contribution in [1.29, 1.82) is 0 Å². The molecular formula is C14H12ClF4N3. The van der Waals surface area contributed by atoms with Gasteiger partial charge in [0.2, 0.25) is 0 Å². The highest BCUT2D eigenvalue weighted by Crippen LogP contribution is 2.35. The van der Waals surface area contributed by atoms with Gasteiger partial charge in [0, 0.05) is 18.7 Å². The normalized spacial score (nSPS) is 16.3. The third-order valence-electron chi connectivity index (χ3n) is 3.28. The number of hydrogen-bond acceptors (Lipinski definition) is 2. The summed E-state index contributed by atoms with van der Waals surface area (Å²) in [7, 11) is 0. The Labute approximate surface area is 129 Å². The molecule has 1 aromatic carbocycles. The summed E-state index contributed by atoms with van der Waals surface area (Å²) < 4.78 is 51.4. The molecule has 2 heterocycles. The molecule has 0 amide bonds. The van der Waals surface area contributed by atoms with Crippen LogP contribution in [0.5, 0.6) is 0 Å². The Morgan fingerprint density at radius 1 is 1.09 bits per heavy atom. The van der Waals surface area contributed by atoms with Crippen LogP contribution in [-0.4, -0.2) is 16.7 Å². The molecule has 0 bridgehead atoms. The van der Waals surface area contributed by atoms with Crippen LogP contribution in [0.1, 0.15) is 22.5 Å². The van der Waals surface area contributed by atoms with Crippen molar-refractivity contribution < 1.29 is 17.6 Å². The van der Waals surface area contributed by atoms with Gasteiger partial charge in [0.15, 0.2) is 0 Å². The number of H-pyrrole nitrogens is 1. The molecular weight excluding hydrogens is 322 g/mol. The third-order valence-corrected chi connectivity index (χ3v) is 3.28. The van der Waals surface area contributed by atoms with Crippen molar-refractivity contribution in [2.75, 3.05) is 6.54 Å². The zero-order chi connectivity index (χ0) is 15.0. The van der Waals surface area contributed by atoms with E-state index in [4.69, 9.17) is 0 Å². The second-order valence-corrected chi connectivity index (χ2v) is 4.75. The van der Waals surface area contributed by atoms with Gasteiger partial charge in [0.05, 0.1) is 5.69 Å². The molecule has 0 unspecified atom stereocenters. The van der Waals surface area contributed by atoms with Crippen LogP contribution in [0.4, 0.5) is 17.6 Å². The van der Waals surface area contributed by atoms with Gasteiger partial charge >= 0.3 is 6.18 Å². The predicted octanol–water partition coefficient (Wildman–Crippen LogP) is 3.63. The average Bonchev–Trinajstić information content (AvgIpc) is 2.86. The Morgan fingerprint density at radius 3 is 2.41 bits per heavy atom. The number of hydrogen-bond donors (Lipinski definition) is 2. The van der Waals surface area contributed by atoms with Crippen molar-refractivity contribution in [3.63, 3.8) is 0 Å². The minimum Gasteiger partial charge on any atom is -0.308 e. The van der Waals surface area contributed by atoms with E-state index in [2.05, 4.69) is 15.5 Å². The van der Waals surface area contributed by atoms with E-state index in [1.54, 1.807) is 18.2 Å². The molecule has 8 heteroatoms. The van der Waals surface area contributed by atoms with E-state index in [1.165, 1.54) is 12.1 Å². The number of rotatable bonds is 1. The fraction of sp³-hybridized carbons (Fsp3) is 0.214. The molecule has 1 aliphatic rings. The van der Waals surface area contributed by atoms with Gasteiger partial charge in [0.25, 0.3) is 0 Å². The van der Waals surface area contributed by atoms with Crippen molar-refractivity contribution >= 4 is 24.1 Å². The summed E-state index contributed by atoms with van der Waals surface area (Å²) in [5.41, 5.74) is 0.939. The number of fused-ring (bicyclic) bond motifs is 1. The van der Waals surface area contributed by atoms with Crippen LogP contribution < -0.4 is 5.32 Å². The smallest absolute Gasteiger partial charge is 0.308 e. The van der Waals surface area contributed by atoms with E-state index in [-0.39, 0.29) is 30.3 Å². The van der Waals surface area contributed by atoms with Crippen LogP contribution in [0.15, 0.2) is 24.3 Å². The van der Waals surface area contributed by atoms with E-state index < -0.39 is 11.9 Å². The van der Waals surface area contributed by atoms with Crippen LogP contribution >= 0.6 is 12.4 Å². The Balaban J connectivity index is 0.00000176. The molecule has 118 valence electrons. The minimum absolute atomic E-state index is 0. The molecule has 3 nitrogen and oxygen atoms in total. The first-order chi connectivity index (χ1) is 9.95. The SMILES string of the molecule is Cl.Fc1ccc(/C=C2\CNCc3c2n[nH]c3C(F)(F)F)cc1. The zero-order valence-electron chi connectivity index (χ0n) is 11.2. The number of nitrogens with zero attached hydrogens (tertiary/aromatic N) is 1. The summed E-state index contributed by atoms with van der Waals surface area (Å²) in [4.78, 5) is 0. The van der Waals surface area contributed by atoms with Crippen LogP contribution in [0.25, 0.3) is 11.6 Å². The molecule has 3 rings (SSSR count). The zero-order valence-corrected chi connectivity index (χ0v) is 12.0. The molecule has 2 N–H and O–H groups in total. The van der Waals surface area contributed by atoms with Gasteiger partial charge in [-0.1, -0.05) is 12.1 Å². The third kappa shape index (κ3) is 3.15. The van der Waals surface area contributed by atoms with Gasteiger partial charge < -0.3 is 5.32 Å². The van der Waals surface area contributed by atoms with Gasteiger partial charge in [-0.25, -0.2) is 4.39 Å². The summed E-state index contributed by atoms with van der Waals surface area (Å²) in [6.07, 6.45) is -2.76. The summed E-state index contributed by atoms with van der Waals surface area (Å²) in [5.74, 6) is -0.362. The van der Waals surface area contributed by atoms with E-state index in [1.807, 2.05) is 0 Å². The molecule has 1 aromatic heterocycles. The quantitative estimate of drug-likeness (QED) is 0.782. The number of aromatic amines is 1. The number of halogens is 5. The highest BCUT2D eigenvalue weighted by Gasteiger charge is 2.38. The average molecular weight is 334 g/mol. The second-order valence-electron chi connectivity index (χ2n) is 4.75. The predicted molar refractivity (Wildman–Crippen MR) is 76.8 cm³/mol. The molecule has 1 aliphatic heterocycles. The lowest BCUT2D eigenvalue weighted by Crippen LogP contribution is -2.24. The lowest BCUT2D eigenvalue weighted by molar-refractivity contribution is -0.141. The van der Waals surface area contributed by atoms with Crippen molar-refractivity contribution in [3.8, 4) is 0 Å². The topological polar surface area (TPSA) is 40.7 Å². The first-order valence-corrected chi connectivity index (χ1v) is 6.27. The van der Waals surface area contributed by atoms with E-state index in [0.717, 1.165) is 0 Å². The lowest BCUT2D eigenvalue weighted by atomic mass is 9.99. The molecule has 0 fully saturated rings. The van der Waals surface area contributed by atoms with Crippen LogP contribution in [0, 0.1) is 5.82 Å². The standard InChI is InChI=1S/C14H11F4N3.ClH/c15-10-3-1-8(2-4-10)5-9-6-19-7-11-12(9)20-21-13(11)14(16,17)18;/h1-5,19H,6-7H2,(H,20,21);1H/b9-5+;. The van der Waals surface area contributed by atoms with Crippen LogP contribution in [-0.2, 0) is 12.7 Å². The molecule has 0 spiro atoms. The maximum absolute atomic E-state index is 12.9. The summed E-state index contributed by atoms with van der Waals surface area (Å²) in [6.45, 7) is 0.522. The number of benzene rings is 1. The fourth-order valence-corrected chi connectivity index (χ4v) is 2.32.